The Balaban J connectivity index is 1.19. The molecule has 31 heavy (non-hydrogen) atoms. The molecular weight excluding hydrogens is 390 g/mol. The first kappa shape index (κ1) is 22.0. The molecule has 168 valence electrons. The van der Waals surface area contributed by atoms with E-state index in [-0.39, 0.29) is 11.8 Å². The number of likely N-dealkylation sites (tertiary alicyclic amines) is 2. The van der Waals surface area contributed by atoms with E-state index in [4.69, 9.17) is 4.52 Å². The minimum Gasteiger partial charge on any atom is -0.356 e. The number of amides is 1. The van der Waals surface area contributed by atoms with Crippen LogP contribution in [0.4, 0.5) is 0 Å². The molecule has 3 heterocycles. The van der Waals surface area contributed by atoms with E-state index in [0.29, 0.717) is 18.3 Å². The lowest BCUT2D eigenvalue weighted by molar-refractivity contribution is -0.126. The number of carbonyl (C=O) groups excluding carboxylic acids is 1. The predicted molar refractivity (Wildman–Crippen MR) is 120 cm³/mol. The van der Waals surface area contributed by atoms with Crippen molar-refractivity contribution < 1.29 is 9.32 Å². The largest absolute Gasteiger partial charge is 0.356 e. The molecule has 0 saturated carbocycles. The van der Waals surface area contributed by atoms with Gasteiger partial charge in [-0.05, 0) is 58.3 Å². The van der Waals surface area contributed by atoms with E-state index in [1.807, 2.05) is 30.3 Å². The highest BCUT2D eigenvalue weighted by Gasteiger charge is 2.26. The molecule has 1 unspecified atom stereocenters. The molecule has 1 aromatic heterocycles. The monoisotopic (exact) mass is 425 g/mol. The van der Waals surface area contributed by atoms with Crippen molar-refractivity contribution in [3.63, 3.8) is 0 Å². The Morgan fingerprint density at radius 2 is 1.81 bits per heavy atom. The second-order valence-electron chi connectivity index (χ2n) is 8.85. The molecule has 1 N–H and O–H groups in total. The molecule has 7 heteroatoms. The van der Waals surface area contributed by atoms with Crippen molar-refractivity contribution in [2.45, 2.75) is 51.5 Å². The third-order valence-corrected chi connectivity index (χ3v) is 6.38. The van der Waals surface area contributed by atoms with Gasteiger partial charge in [-0.3, -0.25) is 9.69 Å². The van der Waals surface area contributed by atoms with Gasteiger partial charge < -0.3 is 14.7 Å². The number of hydrogen-bond acceptors (Lipinski definition) is 6. The average molecular weight is 426 g/mol. The highest BCUT2D eigenvalue weighted by molar-refractivity contribution is 5.78. The van der Waals surface area contributed by atoms with Crippen molar-refractivity contribution in [1.82, 2.24) is 25.3 Å². The minimum absolute atomic E-state index is 0.0449. The lowest BCUT2D eigenvalue weighted by Gasteiger charge is -2.31. The van der Waals surface area contributed by atoms with Crippen molar-refractivity contribution in [2.24, 2.45) is 5.92 Å². The van der Waals surface area contributed by atoms with E-state index < -0.39 is 0 Å². The molecule has 0 spiro atoms. The topological polar surface area (TPSA) is 74.5 Å². The molecular formula is C24H35N5O2. The maximum Gasteiger partial charge on any atom is 0.241 e. The minimum atomic E-state index is 0.0449. The van der Waals surface area contributed by atoms with E-state index in [0.717, 1.165) is 51.0 Å². The van der Waals surface area contributed by atoms with Gasteiger partial charge in [0.2, 0.25) is 17.6 Å². The van der Waals surface area contributed by atoms with Gasteiger partial charge in [0.1, 0.15) is 0 Å². The first-order valence-electron chi connectivity index (χ1n) is 11.9. The molecule has 0 aliphatic carbocycles. The molecule has 1 atom stereocenters. The second kappa shape index (κ2) is 11.4. The fraction of sp³-hybridized carbons (Fsp3) is 0.625. The van der Waals surface area contributed by atoms with Crippen LogP contribution >= 0.6 is 0 Å². The van der Waals surface area contributed by atoms with Gasteiger partial charge in [0.25, 0.3) is 0 Å². The predicted octanol–water partition coefficient (Wildman–Crippen LogP) is 3.33. The van der Waals surface area contributed by atoms with E-state index >= 15 is 0 Å². The van der Waals surface area contributed by atoms with Crippen LogP contribution in [0.5, 0.6) is 0 Å². The number of benzene rings is 1. The standard InChI is InChI=1S/C24H35N5O2/c30-24(25-13-9-17-28-14-6-1-2-7-15-28)21-12-8-16-29(18-21)19-22-26-23(27-31-22)20-10-4-3-5-11-20/h3-5,10-11,21H,1-2,6-9,12-19H2,(H,25,30). The lowest BCUT2D eigenvalue weighted by atomic mass is 9.97. The fourth-order valence-electron chi connectivity index (χ4n) is 4.65. The maximum absolute atomic E-state index is 12.7. The van der Waals surface area contributed by atoms with Gasteiger partial charge in [0, 0.05) is 18.7 Å². The molecule has 4 rings (SSSR count). The molecule has 7 nitrogen and oxygen atoms in total. The number of nitrogens with one attached hydrogen (secondary N) is 1. The van der Waals surface area contributed by atoms with Gasteiger partial charge in [-0.2, -0.15) is 4.98 Å². The van der Waals surface area contributed by atoms with E-state index in [1.54, 1.807) is 0 Å². The molecule has 0 radical (unpaired) electrons. The summed E-state index contributed by atoms with van der Waals surface area (Å²) in [6.45, 7) is 6.61. The summed E-state index contributed by atoms with van der Waals surface area (Å²) in [6.07, 6.45) is 8.37. The van der Waals surface area contributed by atoms with Crippen LogP contribution in [0.2, 0.25) is 0 Å². The molecule has 2 fully saturated rings. The van der Waals surface area contributed by atoms with Crippen LogP contribution in [-0.4, -0.2) is 65.1 Å². The summed E-state index contributed by atoms with van der Waals surface area (Å²) in [5.74, 6) is 1.46. The zero-order chi connectivity index (χ0) is 21.3. The van der Waals surface area contributed by atoms with Crippen LogP contribution in [-0.2, 0) is 11.3 Å². The number of nitrogens with zero attached hydrogens (tertiary/aromatic N) is 4. The highest BCUT2D eigenvalue weighted by Crippen LogP contribution is 2.20. The van der Waals surface area contributed by atoms with Crippen LogP contribution in [0, 0.1) is 5.92 Å². The smallest absolute Gasteiger partial charge is 0.241 e. The molecule has 2 aromatic rings. The van der Waals surface area contributed by atoms with E-state index in [1.165, 1.54) is 38.8 Å². The Kier molecular flexibility index (Phi) is 8.07. The van der Waals surface area contributed by atoms with Crippen LogP contribution < -0.4 is 5.32 Å². The average Bonchev–Trinajstić information content (AvgIpc) is 3.11. The van der Waals surface area contributed by atoms with Gasteiger partial charge in [-0.1, -0.05) is 48.3 Å². The van der Waals surface area contributed by atoms with Gasteiger partial charge in [0.05, 0.1) is 12.5 Å². The van der Waals surface area contributed by atoms with Crippen LogP contribution in [0.3, 0.4) is 0 Å². The SMILES string of the molecule is O=C(NCCCN1CCCCCC1)C1CCCN(Cc2nc(-c3ccccc3)no2)C1. The van der Waals surface area contributed by atoms with E-state index in [2.05, 4.69) is 25.3 Å². The third-order valence-electron chi connectivity index (χ3n) is 6.38. The number of carbonyl (C=O) groups is 1. The van der Waals surface area contributed by atoms with Crippen molar-refractivity contribution in [3.8, 4) is 11.4 Å². The highest BCUT2D eigenvalue weighted by atomic mass is 16.5. The quantitative estimate of drug-likeness (QED) is 0.654. The zero-order valence-corrected chi connectivity index (χ0v) is 18.5. The van der Waals surface area contributed by atoms with E-state index in [9.17, 15) is 4.79 Å². The number of aromatic nitrogens is 2. The van der Waals surface area contributed by atoms with Crippen LogP contribution in [0.15, 0.2) is 34.9 Å². The van der Waals surface area contributed by atoms with Crippen molar-refractivity contribution in [1.29, 1.82) is 0 Å². The summed E-state index contributed by atoms with van der Waals surface area (Å²) in [4.78, 5) is 22.0. The summed E-state index contributed by atoms with van der Waals surface area (Å²) in [6, 6.07) is 9.85. The lowest BCUT2D eigenvalue weighted by Crippen LogP contribution is -2.43. The Morgan fingerprint density at radius 3 is 2.61 bits per heavy atom. The van der Waals surface area contributed by atoms with Crippen molar-refractivity contribution in [2.75, 3.05) is 39.3 Å². The van der Waals surface area contributed by atoms with Crippen molar-refractivity contribution in [3.05, 3.63) is 36.2 Å². The summed E-state index contributed by atoms with van der Waals surface area (Å²) in [5.41, 5.74) is 0.952. The Hall–Kier alpha value is -2.25. The first-order valence-corrected chi connectivity index (χ1v) is 11.9. The van der Waals surface area contributed by atoms with Gasteiger partial charge >= 0.3 is 0 Å². The molecule has 1 aromatic carbocycles. The summed E-state index contributed by atoms with van der Waals surface area (Å²) in [5, 5.41) is 7.28. The summed E-state index contributed by atoms with van der Waals surface area (Å²) < 4.78 is 5.46. The maximum atomic E-state index is 12.7. The van der Waals surface area contributed by atoms with Crippen LogP contribution in [0.25, 0.3) is 11.4 Å². The first-order chi connectivity index (χ1) is 15.3. The Bertz CT molecular complexity index is 801. The van der Waals surface area contributed by atoms with Crippen molar-refractivity contribution >= 4 is 5.91 Å². The Labute approximate surface area is 185 Å². The number of hydrogen-bond donors (Lipinski definition) is 1. The molecule has 2 saturated heterocycles. The Morgan fingerprint density at radius 1 is 1.03 bits per heavy atom. The van der Waals surface area contributed by atoms with Gasteiger partial charge in [-0.15, -0.1) is 0 Å². The summed E-state index contributed by atoms with van der Waals surface area (Å²) in [7, 11) is 0. The second-order valence-corrected chi connectivity index (χ2v) is 8.85. The number of piperidine rings is 1. The molecule has 0 bridgehead atoms. The molecule has 2 aliphatic heterocycles. The van der Waals surface area contributed by atoms with Gasteiger partial charge in [-0.25, -0.2) is 0 Å². The summed E-state index contributed by atoms with van der Waals surface area (Å²) >= 11 is 0. The third kappa shape index (κ3) is 6.61. The zero-order valence-electron chi connectivity index (χ0n) is 18.5. The van der Waals surface area contributed by atoms with Crippen LogP contribution in [0.1, 0.15) is 50.8 Å². The molecule has 1 amide bonds. The fourth-order valence-corrected chi connectivity index (χ4v) is 4.65. The normalized spacial score (nSPS) is 21.0. The van der Waals surface area contributed by atoms with Gasteiger partial charge in [0.15, 0.2) is 0 Å². The number of rotatable bonds is 8. The molecule has 2 aliphatic rings.